The topological polar surface area (TPSA) is 87.7 Å². The first-order chi connectivity index (χ1) is 13.5. The van der Waals surface area contributed by atoms with E-state index in [1.807, 2.05) is 6.07 Å². The van der Waals surface area contributed by atoms with Crippen LogP contribution in [0.25, 0.3) is 11.4 Å². The lowest BCUT2D eigenvalue weighted by Crippen LogP contribution is -2.26. The van der Waals surface area contributed by atoms with Crippen molar-refractivity contribution in [2.45, 2.75) is 37.0 Å². The molecule has 146 valence electrons. The molecule has 28 heavy (non-hydrogen) atoms. The first kappa shape index (κ1) is 18.8. The van der Waals surface area contributed by atoms with E-state index in [-0.39, 0.29) is 12.4 Å². The number of nitrogens with zero attached hydrogens (tertiary/aromatic N) is 2. The summed E-state index contributed by atoms with van der Waals surface area (Å²) in [6.07, 6.45) is 4.59. The SMILES string of the molecule is O=S(=O)(NCCc1nc(-c2ccc(F)cc2)n[nH]1)c1ccc2c(c1)CCCC2. The number of hydrogen-bond donors (Lipinski definition) is 2. The minimum absolute atomic E-state index is 0.206. The first-order valence-corrected chi connectivity index (χ1v) is 10.8. The molecule has 3 aromatic rings. The largest absolute Gasteiger partial charge is 0.263 e. The zero-order valence-corrected chi connectivity index (χ0v) is 16.1. The molecule has 0 bridgehead atoms. The van der Waals surface area contributed by atoms with Gasteiger partial charge in [-0.15, -0.1) is 0 Å². The van der Waals surface area contributed by atoms with Gasteiger partial charge in [0.05, 0.1) is 4.90 Å². The number of aryl methyl sites for hydroxylation is 2. The molecule has 0 atom stereocenters. The van der Waals surface area contributed by atoms with Gasteiger partial charge in [-0.3, -0.25) is 5.10 Å². The molecule has 1 aliphatic rings. The van der Waals surface area contributed by atoms with Gasteiger partial charge in [0.25, 0.3) is 0 Å². The Hall–Kier alpha value is -2.58. The van der Waals surface area contributed by atoms with E-state index in [1.54, 1.807) is 24.3 Å². The third-order valence-electron chi connectivity index (χ3n) is 4.92. The van der Waals surface area contributed by atoms with Crippen LogP contribution in [0, 0.1) is 5.82 Å². The zero-order valence-electron chi connectivity index (χ0n) is 15.3. The Labute approximate surface area is 163 Å². The molecule has 0 saturated heterocycles. The lowest BCUT2D eigenvalue weighted by molar-refractivity contribution is 0.580. The van der Waals surface area contributed by atoms with Crippen molar-refractivity contribution in [2.75, 3.05) is 6.54 Å². The number of halogens is 1. The molecular weight excluding hydrogens is 379 g/mol. The molecule has 0 aliphatic heterocycles. The monoisotopic (exact) mass is 400 g/mol. The van der Waals surface area contributed by atoms with Crippen molar-refractivity contribution in [1.82, 2.24) is 19.9 Å². The summed E-state index contributed by atoms with van der Waals surface area (Å²) < 4.78 is 40.8. The van der Waals surface area contributed by atoms with E-state index in [1.165, 1.54) is 17.7 Å². The summed E-state index contributed by atoms with van der Waals surface area (Å²) in [7, 11) is -3.57. The molecule has 0 radical (unpaired) electrons. The van der Waals surface area contributed by atoms with Crippen LogP contribution in [-0.4, -0.2) is 30.1 Å². The van der Waals surface area contributed by atoms with Gasteiger partial charge in [-0.05, 0) is 73.2 Å². The molecule has 1 aromatic heterocycles. The van der Waals surface area contributed by atoms with E-state index in [0.29, 0.717) is 28.5 Å². The van der Waals surface area contributed by atoms with Gasteiger partial charge in [-0.25, -0.2) is 22.5 Å². The van der Waals surface area contributed by atoms with Crippen molar-refractivity contribution in [3.63, 3.8) is 0 Å². The quantitative estimate of drug-likeness (QED) is 0.666. The van der Waals surface area contributed by atoms with E-state index < -0.39 is 10.0 Å². The highest BCUT2D eigenvalue weighted by atomic mass is 32.2. The first-order valence-electron chi connectivity index (χ1n) is 9.30. The minimum Gasteiger partial charge on any atom is -0.263 e. The fourth-order valence-electron chi connectivity index (χ4n) is 3.40. The van der Waals surface area contributed by atoms with Gasteiger partial charge in [-0.1, -0.05) is 6.07 Å². The Morgan fingerprint density at radius 2 is 1.79 bits per heavy atom. The molecule has 0 unspecified atom stereocenters. The van der Waals surface area contributed by atoms with Crippen molar-refractivity contribution in [3.05, 3.63) is 65.2 Å². The summed E-state index contributed by atoms with van der Waals surface area (Å²) in [6, 6.07) is 11.3. The van der Waals surface area contributed by atoms with Crippen molar-refractivity contribution < 1.29 is 12.8 Å². The van der Waals surface area contributed by atoms with Crippen LogP contribution >= 0.6 is 0 Å². The highest BCUT2D eigenvalue weighted by Crippen LogP contribution is 2.24. The second-order valence-corrected chi connectivity index (χ2v) is 8.66. The van der Waals surface area contributed by atoms with E-state index >= 15 is 0 Å². The van der Waals surface area contributed by atoms with Crippen molar-refractivity contribution in [2.24, 2.45) is 0 Å². The summed E-state index contributed by atoms with van der Waals surface area (Å²) >= 11 is 0. The van der Waals surface area contributed by atoms with Crippen LogP contribution in [-0.2, 0) is 29.3 Å². The molecule has 8 heteroatoms. The highest BCUT2D eigenvalue weighted by molar-refractivity contribution is 7.89. The normalized spacial score (nSPS) is 14.0. The molecule has 2 N–H and O–H groups in total. The Bertz CT molecular complexity index is 1080. The highest BCUT2D eigenvalue weighted by Gasteiger charge is 2.17. The van der Waals surface area contributed by atoms with E-state index in [4.69, 9.17) is 0 Å². The van der Waals surface area contributed by atoms with Crippen molar-refractivity contribution in [1.29, 1.82) is 0 Å². The molecule has 1 heterocycles. The van der Waals surface area contributed by atoms with Crippen LogP contribution < -0.4 is 4.72 Å². The van der Waals surface area contributed by atoms with E-state index in [2.05, 4.69) is 19.9 Å². The maximum Gasteiger partial charge on any atom is 0.240 e. The Morgan fingerprint density at radius 3 is 2.57 bits per heavy atom. The van der Waals surface area contributed by atoms with Crippen LogP contribution in [0.3, 0.4) is 0 Å². The second-order valence-electron chi connectivity index (χ2n) is 6.90. The van der Waals surface area contributed by atoms with Gasteiger partial charge in [0.2, 0.25) is 10.0 Å². The van der Waals surface area contributed by atoms with Crippen LogP contribution in [0.4, 0.5) is 4.39 Å². The third kappa shape index (κ3) is 4.13. The molecular formula is C20H21FN4O2S. The lowest BCUT2D eigenvalue weighted by Gasteiger charge is -2.16. The number of hydrogen-bond acceptors (Lipinski definition) is 4. The number of rotatable bonds is 6. The maximum absolute atomic E-state index is 13.0. The third-order valence-corrected chi connectivity index (χ3v) is 6.38. The molecule has 1 aliphatic carbocycles. The number of H-pyrrole nitrogens is 1. The van der Waals surface area contributed by atoms with Gasteiger partial charge in [0.15, 0.2) is 5.82 Å². The standard InChI is InChI=1S/C20H21FN4O2S/c21-17-8-5-15(6-9-17)20-23-19(24-25-20)11-12-22-28(26,27)18-10-7-14-3-1-2-4-16(14)13-18/h5-10,13,22H,1-4,11-12H2,(H,23,24,25). The fourth-order valence-corrected chi connectivity index (χ4v) is 4.48. The molecule has 2 aromatic carbocycles. The Kier molecular flexibility index (Phi) is 5.23. The van der Waals surface area contributed by atoms with Crippen LogP contribution in [0.15, 0.2) is 47.4 Å². The van der Waals surface area contributed by atoms with Gasteiger partial charge in [0, 0.05) is 18.5 Å². The number of benzene rings is 2. The molecule has 6 nitrogen and oxygen atoms in total. The number of aromatic amines is 1. The maximum atomic E-state index is 13.0. The van der Waals surface area contributed by atoms with Gasteiger partial charge in [0.1, 0.15) is 11.6 Å². The summed E-state index contributed by atoms with van der Waals surface area (Å²) in [5, 5.41) is 6.90. The smallest absolute Gasteiger partial charge is 0.240 e. The summed E-state index contributed by atoms with van der Waals surface area (Å²) in [5.74, 6) is 0.691. The summed E-state index contributed by atoms with van der Waals surface area (Å²) in [5.41, 5.74) is 3.08. The number of aromatic nitrogens is 3. The Morgan fingerprint density at radius 1 is 1.04 bits per heavy atom. The van der Waals surface area contributed by atoms with Crippen molar-refractivity contribution in [3.8, 4) is 11.4 Å². The van der Waals surface area contributed by atoms with E-state index in [9.17, 15) is 12.8 Å². The predicted molar refractivity (Wildman–Crippen MR) is 104 cm³/mol. The predicted octanol–water partition coefficient (Wildman–Crippen LogP) is 3.01. The molecule has 0 saturated carbocycles. The lowest BCUT2D eigenvalue weighted by atomic mass is 9.92. The second kappa shape index (κ2) is 7.81. The molecule has 4 rings (SSSR count). The molecule has 0 amide bonds. The Balaban J connectivity index is 1.39. The summed E-state index contributed by atoms with van der Waals surface area (Å²) in [6.45, 7) is 0.206. The number of fused-ring (bicyclic) bond motifs is 1. The van der Waals surface area contributed by atoms with Gasteiger partial charge >= 0.3 is 0 Å². The van der Waals surface area contributed by atoms with Gasteiger partial charge < -0.3 is 0 Å². The summed E-state index contributed by atoms with van der Waals surface area (Å²) in [4.78, 5) is 4.64. The van der Waals surface area contributed by atoms with Crippen molar-refractivity contribution >= 4 is 10.0 Å². The van der Waals surface area contributed by atoms with Crippen LogP contribution in [0.2, 0.25) is 0 Å². The van der Waals surface area contributed by atoms with Crippen LogP contribution in [0.1, 0.15) is 29.8 Å². The fraction of sp³-hybridized carbons (Fsp3) is 0.300. The molecule has 0 spiro atoms. The number of nitrogens with one attached hydrogen (secondary N) is 2. The number of sulfonamides is 1. The van der Waals surface area contributed by atoms with Gasteiger partial charge in [-0.2, -0.15) is 5.10 Å². The zero-order chi connectivity index (χ0) is 19.6. The minimum atomic E-state index is -3.57. The molecule has 0 fully saturated rings. The average Bonchev–Trinajstić information content (AvgIpc) is 3.17. The van der Waals surface area contributed by atoms with Crippen LogP contribution in [0.5, 0.6) is 0 Å². The van der Waals surface area contributed by atoms with E-state index in [0.717, 1.165) is 31.2 Å². The average molecular weight is 400 g/mol.